The first-order valence-electron chi connectivity index (χ1n) is 7.83. The summed E-state index contributed by atoms with van der Waals surface area (Å²) in [5.74, 6) is -0.0929. The average Bonchev–Trinajstić information content (AvgIpc) is 3.32. The summed E-state index contributed by atoms with van der Waals surface area (Å²) in [6.07, 6.45) is 3.78. The van der Waals surface area contributed by atoms with Crippen LogP contribution in [0.3, 0.4) is 0 Å². The molecule has 2 aromatic rings. The highest BCUT2D eigenvalue weighted by molar-refractivity contribution is 6.31. The second-order valence-corrected chi connectivity index (χ2v) is 6.71. The molecule has 1 aliphatic carbocycles. The number of fused-ring (bicyclic) bond motifs is 3. The zero-order valence-corrected chi connectivity index (χ0v) is 13.9. The number of halogens is 1. The second kappa shape index (κ2) is 5.63. The Labute approximate surface area is 144 Å². The number of esters is 1. The quantitative estimate of drug-likeness (QED) is 0.802. The number of rotatable bonds is 3. The monoisotopic (exact) mass is 345 g/mol. The highest BCUT2D eigenvalue weighted by Crippen LogP contribution is 2.30. The molecule has 0 N–H and O–H groups in total. The molecule has 0 unspecified atom stereocenters. The third kappa shape index (κ3) is 2.57. The highest BCUT2D eigenvalue weighted by Gasteiger charge is 2.30. The molecule has 1 saturated carbocycles. The topological polar surface area (TPSA) is 64.4 Å². The van der Waals surface area contributed by atoms with Crippen LogP contribution in [0.4, 0.5) is 0 Å². The van der Waals surface area contributed by atoms with Crippen LogP contribution < -0.4 is 0 Å². The number of amides is 1. The third-order valence-electron chi connectivity index (χ3n) is 4.39. The van der Waals surface area contributed by atoms with Gasteiger partial charge in [-0.2, -0.15) is 0 Å². The van der Waals surface area contributed by atoms with Crippen molar-refractivity contribution in [1.29, 1.82) is 0 Å². The van der Waals surface area contributed by atoms with E-state index in [0.717, 1.165) is 12.8 Å². The molecule has 0 bridgehead atoms. The molecule has 7 heteroatoms. The number of carbonyl (C=O) groups is 2. The van der Waals surface area contributed by atoms with E-state index in [4.69, 9.17) is 16.3 Å². The second-order valence-electron chi connectivity index (χ2n) is 6.27. The molecule has 1 fully saturated rings. The van der Waals surface area contributed by atoms with Crippen LogP contribution in [0.5, 0.6) is 0 Å². The molecule has 1 aromatic heterocycles. The van der Waals surface area contributed by atoms with E-state index in [-0.39, 0.29) is 18.1 Å². The lowest BCUT2D eigenvalue weighted by molar-refractivity contribution is 0.0476. The maximum absolute atomic E-state index is 12.6. The fourth-order valence-electron chi connectivity index (χ4n) is 2.84. The van der Waals surface area contributed by atoms with Gasteiger partial charge in [-0.05, 0) is 37.0 Å². The van der Waals surface area contributed by atoms with Crippen LogP contribution in [0, 0.1) is 5.92 Å². The van der Waals surface area contributed by atoms with E-state index in [1.807, 2.05) is 0 Å². The Hall–Kier alpha value is -2.34. The van der Waals surface area contributed by atoms with Gasteiger partial charge in [0.05, 0.1) is 30.1 Å². The molecule has 4 rings (SSSR count). The molecule has 0 radical (unpaired) electrons. The zero-order valence-electron chi connectivity index (χ0n) is 13.2. The Balaban J connectivity index is 1.75. The first kappa shape index (κ1) is 15.2. The highest BCUT2D eigenvalue weighted by atomic mass is 35.5. The smallest absolute Gasteiger partial charge is 0.358 e. The molecule has 2 heterocycles. The van der Waals surface area contributed by atoms with Gasteiger partial charge in [0.15, 0.2) is 5.69 Å². The predicted molar refractivity (Wildman–Crippen MR) is 87.4 cm³/mol. The number of imidazole rings is 1. The van der Waals surface area contributed by atoms with E-state index in [2.05, 4.69) is 4.98 Å². The fourth-order valence-corrected chi connectivity index (χ4v) is 3.01. The van der Waals surface area contributed by atoms with Crippen LogP contribution in [-0.4, -0.2) is 40.0 Å². The lowest BCUT2D eigenvalue weighted by atomic mass is 10.1. The van der Waals surface area contributed by atoms with Crippen LogP contribution in [0.2, 0.25) is 5.02 Å². The molecule has 1 aromatic carbocycles. The summed E-state index contributed by atoms with van der Waals surface area (Å²) < 4.78 is 7.11. The summed E-state index contributed by atoms with van der Waals surface area (Å²) in [4.78, 5) is 30.7. The third-order valence-corrected chi connectivity index (χ3v) is 4.62. The summed E-state index contributed by atoms with van der Waals surface area (Å²) in [7, 11) is 1.69. The molecule has 0 atom stereocenters. The molecule has 0 spiro atoms. The lowest BCUT2D eigenvalue weighted by Gasteiger charge is -2.14. The maximum Gasteiger partial charge on any atom is 0.358 e. The zero-order chi connectivity index (χ0) is 16.8. The summed E-state index contributed by atoms with van der Waals surface area (Å²) in [5, 5.41) is 0.489. The Kier molecular flexibility index (Phi) is 3.57. The van der Waals surface area contributed by atoms with Crippen molar-refractivity contribution in [1.82, 2.24) is 14.5 Å². The van der Waals surface area contributed by atoms with Crippen LogP contribution in [0.25, 0.3) is 5.69 Å². The summed E-state index contributed by atoms with van der Waals surface area (Å²) in [5.41, 5.74) is 2.06. The minimum Gasteiger partial charge on any atom is -0.461 e. The van der Waals surface area contributed by atoms with Crippen molar-refractivity contribution < 1.29 is 14.3 Å². The van der Waals surface area contributed by atoms with Gasteiger partial charge >= 0.3 is 5.97 Å². The van der Waals surface area contributed by atoms with Crippen molar-refractivity contribution in [3.05, 3.63) is 46.5 Å². The molecule has 124 valence electrons. The summed E-state index contributed by atoms with van der Waals surface area (Å²) in [6, 6.07) is 5.11. The van der Waals surface area contributed by atoms with Gasteiger partial charge in [-0.1, -0.05) is 11.6 Å². The van der Waals surface area contributed by atoms with Gasteiger partial charge in [0.2, 0.25) is 0 Å². The Morgan fingerprint density at radius 2 is 2.21 bits per heavy atom. The minimum atomic E-state index is -0.436. The number of carbonyl (C=O) groups excluding carboxylic acids is 2. The van der Waals surface area contributed by atoms with Gasteiger partial charge in [0.25, 0.3) is 5.91 Å². The van der Waals surface area contributed by atoms with Gasteiger partial charge in [0.1, 0.15) is 6.33 Å². The fraction of sp³-hybridized carbons (Fsp3) is 0.353. The maximum atomic E-state index is 12.6. The first-order chi connectivity index (χ1) is 11.5. The summed E-state index contributed by atoms with van der Waals surface area (Å²) >= 11 is 6.03. The Bertz CT molecular complexity index is 842. The molecule has 6 nitrogen and oxygen atoms in total. The van der Waals surface area contributed by atoms with Gasteiger partial charge < -0.3 is 9.64 Å². The molecular formula is C17H16ClN3O3. The number of benzene rings is 1. The van der Waals surface area contributed by atoms with Crippen molar-refractivity contribution in [2.45, 2.75) is 19.4 Å². The van der Waals surface area contributed by atoms with Gasteiger partial charge in [-0.3, -0.25) is 9.36 Å². The summed E-state index contributed by atoms with van der Waals surface area (Å²) in [6.45, 7) is 0.713. The largest absolute Gasteiger partial charge is 0.461 e. The Morgan fingerprint density at radius 1 is 1.42 bits per heavy atom. The van der Waals surface area contributed by atoms with E-state index < -0.39 is 5.97 Å². The predicted octanol–water partition coefficient (Wildman–Crippen LogP) is 2.68. The number of aromatic nitrogens is 2. The number of hydrogen-bond acceptors (Lipinski definition) is 4. The van der Waals surface area contributed by atoms with Gasteiger partial charge in [-0.25, -0.2) is 9.78 Å². The average molecular weight is 346 g/mol. The Morgan fingerprint density at radius 3 is 2.96 bits per heavy atom. The van der Waals surface area contributed by atoms with E-state index in [1.165, 1.54) is 0 Å². The van der Waals surface area contributed by atoms with Crippen LogP contribution >= 0.6 is 11.6 Å². The van der Waals surface area contributed by atoms with Crippen LogP contribution in [0.15, 0.2) is 24.5 Å². The minimum absolute atomic E-state index is 0.145. The first-order valence-corrected chi connectivity index (χ1v) is 8.21. The van der Waals surface area contributed by atoms with Gasteiger partial charge in [0, 0.05) is 12.1 Å². The van der Waals surface area contributed by atoms with Crippen molar-refractivity contribution in [2.75, 3.05) is 13.7 Å². The number of ether oxygens (including phenoxy) is 1. The van der Waals surface area contributed by atoms with Crippen molar-refractivity contribution in [3.63, 3.8) is 0 Å². The molecular weight excluding hydrogens is 330 g/mol. The molecule has 24 heavy (non-hydrogen) atoms. The van der Waals surface area contributed by atoms with Crippen LogP contribution in [-0.2, 0) is 11.3 Å². The lowest BCUT2D eigenvalue weighted by Crippen LogP contribution is -2.26. The van der Waals surface area contributed by atoms with Crippen LogP contribution in [0.1, 0.15) is 39.4 Å². The van der Waals surface area contributed by atoms with E-state index in [0.29, 0.717) is 34.5 Å². The number of hydrogen-bond donors (Lipinski definition) is 0. The standard InChI is InChI=1S/C17H16ClN3O3/c1-20-7-14-15(17(23)24-8-10-2-3-10)19-9-21(14)13-5-4-11(18)6-12(13)16(20)22/h4-6,9-10H,2-3,7-8H2,1H3. The number of nitrogens with zero attached hydrogens (tertiary/aromatic N) is 3. The molecule has 1 amide bonds. The van der Waals surface area contributed by atoms with E-state index >= 15 is 0 Å². The van der Waals surface area contributed by atoms with Crippen molar-refractivity contribution >= 4 is 23.5 Å². The molecule has 2 aliphatic rings. The van der Waals surface area contributed by atoms with Crippen molar-refractivity contribution in [2.24, 2.45) is 5.92 Å². The van der Waals surface area contributed by atoms with E-state index in [1.54, 1.807) is 41.0 Å². The molecule has 1 aliphatic heterocycles. The van der Waals surface area contributed by atoms with Crippen molar-refractivity contribution in [3.8, 4) is 5.69 Å². The van der Waals surface area contributed by atoms with E-state index in [9.17, 15) is 9.59 Å². The normalized spacial score (nSPS) is 16.4. The SMILES string of the molecule is CN1Cc2c(C(=O)OCC3CC3)ncn2-c2ccc(Cl)cc2C1=O. The van der Waals surface area contributed by atoms with Gasteiger partial charge in [-0.15, -0.1) is 0 Å². The molecule has 0 saturated heterocycles.